The number of unbranched alkanes of at least 4 members (excludes halogenated alkanes) is 1. The number of carboxylic acids is 6. The van der Waals surface area contributed by atoms with Crippen molar-refractivity contribution in [3.05, 3.63) is 100 Å². The fourth-order valence-corrected chi connectivity index (χ4v) is 3.31. The Hall–Kier alpha value is -5.77. The van der Waals surface area contributed by atoms with Crippen LogP contribution in [0.25, 0.3) is 0 Å². The Labute approximate surface area is 282 Å². The first-order valence-corrected chi connectivity index (χ1v) is 14.9. The average Bonchev–Trinajstić information content (AvgIpc) is 3.07. The zero-order chi connectivity index (χ0) is 39.0. The first kappa shape index (κ1) is 46.3. The molecule has 0 aliphatic carbocycles. The van der Waals surface area contributed by atoms with Crippen molar-refractivity contribution in [2.75, 3.05) is 26.4 Å². The Morgan fingerprint density at radius 3 is 0.920 bits per heavy atom. The van der Waals surface area contributed by atoms with Gasteiger partial charge >= 0.3 is 35.8 Å². The van der Waals surface area contributed by atoms with Gasteiger partial charge in [-0.15, -0.1) is 0 Å². The fourth-order valence-electron chi connectivity index (χ4n) is 2.76. The molecule has 0 aliphatic rings. The SMILES string of the molecule is O=C(O)c1cc(C(=O)O)cc(S(=O)(=O)O)c1.O=C(O)c1ccc(C(=O)O)cc1.O=C(O)c1cccc(C(=O)O)c1.OCCCCO.OCCO. The first-order chi connectivity index (χ1) is 23.3. The molecule has 19 nitrogen and oxygen atoms in total. The zero-order valence-corrected chi connectivity index (χ0v) is 26.5. The van der Waals surface area contributed by atoms with Crippen LogP contribution in [0.2, 0.25) is 0 Å². The minimum atomic E-state index is -4.64. The van der Waals surface area contributed by atoms with Crippen molar-refractivity contribution in [3.63, 3.8) is 0 Å². The average molecular weight is 731 g/mol. The molecule has 50 heavy (non-hydrogen) atoms. The molecule has 0 aliphatic heterocycles. The van der Waals surface area contributed by atoms with Gasteiger partial charge in [0.2, 0.25) is 0 Å². The van der Waals surface area contributed by atoms with Gasteiger partial charge in [0, 0.05) is 13.2 Å². The lowest BCUT2D eigenvalue weighted by molar-refractivity contribution is 0.0676. The van der Waals surface area contributed by atoms with Crippen LogP contribution in [0.4, 0.5) is 0 Å². The molecule has 0 heterocycles. The highest BCUT2D eigenvalue weighted by atomic mass is 32.2. The van der Waals surface area contributed by atoms with E-state index in [1.807, 2.05) is 0 Å². The molecule has 0 amide bonds. The molecular formula is C30H34O19S. The standard InChI is InChI=1S/C8H6O7S.2C8H6O4.C4H10O2.C2H6O2/c9-7(10)4-1-5(8(11)12)3-6(2-4)16(13,14)15;9-7(10)5-1-2-6(4-3-5)8(11)12;9-7(10)5-2-1-3-6(4-5)8(11)12;5-3-1-2-4-6;3-1-2-4/h1-3H,(H,9,10)(H,11,12)(H,13,14,15);2*1-4H,(H,9,10)(H,11,12);5-6H,1-4H2;3-4H,1-2H2. The highest BCUT2D eigenvalue weighted by Crippen LogP contribution is 2.15. The summed E-state index contributed by atoms with van der Waals surface area (Å²) in [5, 5.41) is 82.6. The molecule has 0 saturated heterocycles. The number of hydrogen-bond donors (Lipinski definition) is 11. The lowest BCUT2D eigenvalue weighted by atomic mass is 10.1. The Balaban J connectivity index is 0. The highest BCUT2D eigenvalue weighted by molar-refractivity contribution is 7.85. The van der Waals surface area contributed by atoms with E-state index in [0.717, 1.165) is 25.0 Å². The number of rotatable bonds is 11. The van der Waals surface area contributed by atoms with Gasteiger partial charge in [0.1, 0.15) is 0 Å². The molecule has 11 N–H and O–H groups in total. The van der Waals surface area contributed by atoms with Crippen LogP contribution in [0, 0.1) is 0 Å². The third kappa shape index (κ3) is 19.8. The van der Waals surface area contributed by atoms with Crippen LogP contribution in [-0.2, 0) is 10.1 Å². The Morgan fingerprint density at radius 1 is 0.420 bits per heavy atom. The van der Waals surface area contributed by atoms with Crippen LogP contribution in [-0.4, -0.2) is 126 Å². The molecule has 0 unspecified atom stereocenters. The largest absolute Gasteiger partial charge is 0.478 e. The minimum absolute atomic E-state index is 0.0186. The van der Waals surface area contributed by atoms with Crippen molar-refractivity contribution in [2.24, 2.45) is 0 Å². The maximum atomic E-state index is 10.8. The van der Waals surface area contributed by atoms with Crippen molar-refractivity contribution in [2.45, 2.75) is 17.7 Å². The summed E-state index contributed by atoms with van der Waals surface area (Å²) in [6, 6.07) is 12.4. The molecule has 0 fully saturated rings. The monoisotopic (exact) mass is 730 g/mol. The summed E-state index contributed by atoms with van der Waals surface area (Å²) in [6.07, 6.45) is 1.44. The number of aromatic carboxylic acids is 6. The van der Waals surface area contributed by atoms with Crippen LogP contribution in [0.3, 0.4) is 0 Å². The number of aliphatic hydroxyl groups is 4. The van der Waals surface area contributed by atoms with E-state index in [9.17, 15) is 37.2 Å². The highest BCUT2D eigenvalue weighted by Gasteiger charge is 2.17. The van der Waals surface area contributed by atoms with E-state index >= 15 is 0 Å². The second-order valence-electron chi connectivity index (χ2n) is 8.81. The molecule has 274 valence electrons. The van der Waals surface area contributed by atoms with E-state index in [-0.39, 0.29) is 48.7 Å². The first-order valence-electron chi connectivity index (χ1n) is 13.4. The normalized spacial score (nSPS) is 9.70. The maximum absolute atomic E-state index is 10.8. The predicted octanol–water partition coefficient (Wildman–Crippen LogP) is 1.22. The summed E-state index contributed by atoms with van der Waals surface area (Å²) in [6.45, 7) is 0.140. The van der Waals surface area contributed by atoms with Crippen LogP contribution < -0.4 is 0 Å². The summed E-state index contributed by atoms with van der Waals surface area (Å²) in [5.74, 6) is -7.36. The van der Waals surface area contributed by atoms with E-state index in [4.69, 9.17) is 55.6 Å². The fraction of sp³-hybridized carbons (Fsp3) is 0.200. The van der Waals surface area contributed by atoms with Gasteiger partial charge in [0.25, 0.3) is 10.1 Å². The quantitative estimate of drug-likeness (QED) is 0.0975. The molecule has 0 bridgehead atoms. The molecule has 3 aromatic carbocycles. The third-order valence-corrected chi connectivity index (χ3v) is 5.93. The second-order valence-corrected chi connectivity index (χ2v) is 10.2. The van der Waals surface area contributed by atoms with Crippen LogP contribution in [0.1, 0.15) is 75.0 Å². The van der Waals surface area contributed by atoms with Crippen LogP contribution >= 0.6 is 0 Å². The molecule has 20 heteroatoms. The van der Waals surface area contributed by atoms with Gasteiger partial charge in [0.15, 0.2) is 0 Å². The summed E-state index contributed by atoms with van der Waals surface area (Å²) < 4.78 is 30.2. The summed E-state index contributed by atoms with van der Waals surface area (Å²) in [7, 11) is -4.64. The van der Waals surface area contributed by atoms with Gasteiger partial charge in [-0.05, 0) is 73.5 Å². The third-order valence-electron chi connectivity index (χ3n) is 5.10. The van der Waals surface area contributed by atoms with Gasteiger partial charge in [-0.1, -0.05) is 6.07 Å². The van der Waals surface area contributed by atoms with Crippen molar-refractivity contribution in [1.82, 2.24) is 0 Å². The van der Waals surface area contributed by atoms with E-state index in [1.54, 1.807) is 0 Å². The van der Waals surface area contributed by atoms with E-state index in [0.29, 0.717) is 12.1 Å². The molecule has 0 aromatic heterocycles. The van der Waals surface area contributed by atoms with E-state index in [2.05, 4.69) is 0 Å². The lowest BCUT2D eigenvalue weighted by Gasteiger charge is -2.02. The number of hydrogen-bond acceptors (Lipinski definition) is 12. The predicted molar refractivity (Wildman–Crippen MR) is 168 cm³/mol. The van der Waals surface area contributed by atoms with E-state index in [1.165, 1.54) is 42.5 Å². The zero-order valence-electron chi connectivity index (χ0n) is 25.7. The van der Waals surface area contributed by atoms with Crippen molar-refractivity contribution in [3.8, 4) is 0 Å². The summed E-state index contributed by atoms with van der Waals surface area (Å²) >= 11 is 0. The Bertz CT molecular complexity index is 1580. The summed E-state index contributed by atoms with van der Waals surface area (Å²) in [5.41, 5.74) is -0.940. The van der Waals surface area contributed by atoms with Gasteiger partial charge in [-0.3, -0.25) is 4.55 Å². The maximum Gasteiger partial charge on any atom is 0.335 e. The van der Waals surface area contributed by atoms with Gasteiger partial charge in [-0.25, -0.2) is 28.8 Å². The summed E-state index contributed by atoms with van der Waals surface area (Å²) in [4.78, 5) is 61.8. The number of aliphatic hydroxyl groups excluding tert-OH is 4. The second kappa shape index (κ2) is 24.4. The molecule has 0 radical (unpaired) electrons. The van der Waals surface area contributed by atoms with Gasteiger partial charge < -0.3 is 51.1 Å². The van der Waals surface area contributed by atoms with Crippen LogP contribution in [0.15, 0.2) is 71.6 Å². The molecule has 3 rings (SSSR count). The van der Waals surface area contributed by atoms with Crippen LogP contribution in [0.5, 0.6) is 0 Å². The topological polar surface area (TPSA) is 359 Å². The smallest absolute Gasteiger partial charge is 0.335 e. The van der Waals surface area contributed by atoms with E-state index < -0.39 is 62.0 Å². The molecule has 0 saturated carbocycles. The van der Waals surface area contributed by atoms with Crippen molar-refractivity contribution >= 4 is 45.9 Å². The Morgan fingerprint density at radius 2 is 0.700 bits per heavy atom. The van der Waals surface area contributed by atoms with Gasteiger partial charge in [-0.2, -0.15) is 8.42 Å². The molecule has 3 aromatic rings. The molecular weight excluding hydrogens is 696 g/mol. The van der Waals surface area contributed by atoms with Crippen molar-refractivity contribution < 1.29 is 92.8 Å². The Kier molecular flexibility index (Phi) is 22.6. The number of benzene rings is 3. The van der Waals surface area contributed by atoms with Crippen molar-refractivity contribution in [1.29, 1.82) is 0 Å². The number of carboxylic acid groups (broad SMARTS) is 6. The number of carbonyl (C=O) groups is 6. The molecule has 0 spiro atoms. The molecule has 0 atom stereocenters. The minimum Gasteiger partial charge on any atom is -0.478 e. The lowest BCUT2D eigenvalue weighted by Crippen LogP contribution is -2.07. The van der Waals surface area contributed by atoms with Gasteiger partial charge in [0.05, 0.1) is 51.5 Å².